The van der Waals surface area contributed by atoms with E-state index in [2.05, 4.69) is 18.7 Å². The Hall–Kier alpha value is -0.410. The van der Waals surface area contributed by atoms with Crippen LogP contribution in [0.15, 0.2) is 0 Å². The largest absolute Gasteiger partial charge is 0.374 e. The number of aldehydes is 1. The third kappa shape index (κ3) is 3.87. The fraction of sp³-hybridized carbons (Fsp3) is 0.900. The van der Waals surface area contributed by atoms with E-state index < -0.39 is 0 Å². The van der Waals surface area contributed by atoms with Gasteiger partial charge in [0.1, 0.15) is 6.29 Å². The van der Waals surface area contributed by atoms with Gasteiger partial charge in [-0.1, -0.05) is 0 Å². The number of rotatable bonds is 3. The van der Waals surface area contributed by atoms with Gasteiger partial charge in [-0.05, 0) is 20.3 Å². The van der Waals surface area contributed by atoms with Gasteiger partial charge < -0.3 is 9.53 Å². The average Bonchev–Trinajstić information content (AvgIpc) is 2.22. The van der Waals surface area contributed by atoms with Gasteiger partial charge in [-0.3, -0.25) is 4.90 Å². The first-order valence-corrected chi connectivity index (χ1v) is 4.94. The van der Waals surface area contributed by atoms with Crippen LogP contribution in [0.2, 0.25) is 0 Å². The maximum atomic E-state index is 10.2. The van der Waals surface area contributed by atoms with Crippen molar-refractivity contribution in [3.8, 4) is 0 Å². The normalized spacial score (nSPS) is 23.8. The molecule has 1 saturated heterocycles. The monoisotopic (exact) mass is 185 g/mol. The van der Waals surface area contributed by atoms with Crippen molar-refractivity contribution in [1.82, 2.24) is 4.90 Å². The molecule has 0 aliphatic carbocycles. The highest BCUT2D eigenvalue weighted by molar-refractivity contribution is 5.49. The molecule has 0 bridgehead atoms. The molecule has 0 radical (unpaired) electrons. The molecule has 0 aromatic heterocycles. The summed E-state index contributed by atoms with van der Waals surface area (Å²) in [6, 6.07) is 0. The van der Waals surface area contributed by atoms with Gasteiger partial charge in [0.2, 0.25) is 0 Å². The standard InChI is InChI=1S/C10H19NO2/c1-10(2)9-11(5-3-7-12)6-4-8-13-10/h7H,3-6,8-9H2,1-2H3. The molecule has 0 unspecified atom stereocenters. The van der Waals surface area contributed by atoms with Crippen LogP contribution in [-0.2, 0) is 9.53 Å². The van der Waals surface area contributed by atoms with Gasteiger partial charge >= 0.3 is 0 Å². The Morgan fingerprint density at radius 3 is 3.00 bits per heavy atom. The summed E-state index contributed by atoms with van der Waals surface area (Å²) < 4.78 is 5.67. The lowest BCUT2D eigenvalue weighted by Crippen LogP contribution is -2.38. The summed E-state index contributed by atoms with van der Waals surface area (Å²) in [6.45, 7) is 7.90. The van der Waals surface area contributed by atoms with E-state index in [0.29, 0.717) is 6.42 Å². The molecule has 0 aromatic rings. The molecule has 0 atom stereocenters. The van der Waals surface area contributed by atoms with E-state index in [4.69, 9.17) is 4.74 Å². The summed E-state index contributed by atoms with van der Waals surface area (Å²) in [5.41, 5.74) is -0.0562. The van der Waals surface area contributed by atoms with Crippen molar-refractivity contribution < 1.29 is 9.53 Å². The van der Waals surface area contributed by atoms with Crippen molar-refractivity contribution in [2.24, 2.45) is 0 Å². The third-order valence-electron chi connectivity index (χ3n) is 2.28. The van der Waals surface area contributed by atoms with Crippen LogP contribution >= 0.6 is 0 Å². The molecular formula is C10H19NO2. The number of hydrogen-bond donors (Lipinski definition) is 0. The molecule has 1 fully saturated rings. The smallest absolute Gasteiger partial charge is 0.121 e. The third-order valence-corrected chi connectivity index (χ3v) is 2.28. The predicted molar refractivity (Wildman–Crippen MR) is 51.8 cm³/mol. The number of hydrogen-bond acceptors (Lipinski definition) is 3. The highest BCUT2D eigenvalue weighted by Crippen LogP contribution is 2.15. The van der Waals surface area contributed by atoms with E-state index in [0.717, 1.165) is 38.9 Å². The van der Waals surface area contributed by atoms with Crippen molar-refractivity contribution >= 4 is 6.29 Å². The summed E-state index contributed by atoms with van der Waals surface area (Å²) in [5, 5.41) is 0. The summed E-state index contributed by atoms with van der Waals surface area (Å²) >= 11 is 0. The molecule has 76 valence electrons. The van der Waals surface area contributed by atoms with E-state index in [-0.39, 0.29) is 5.60 Å². The topological polar surface area (TPSA) is 29.5 Å². The van der Waals surface area contributed by atoms with Crippen LogP contribution in [0.4, 0.5) is 0 Å². The zero-order valence-electron chi connectivity index (χ0n) is 8.58. The maximum Gasteiger partial charge on any atom is 0.121 e. The van der Waals surface area contributed by atoms with Gasteiger partial charge in [0, 0.05) is 32.7 Å². The molecule has 1 aliphatic rings. The summed E-state index contributed by atoms with van der Waals surface area (Å²) in [5.74, 6) is 0. The van der Waals surface area contributed by atoms with Crippen LogP contribution in [0.1, 0.15) is 26.7 Å². The molecular weight excluding hydrogens is 166 g/mol. The second kappa shape index (κ2) is 4.72. The summed E-state index contributed by atoms with van der Waals surface area (Å²) in [6.07, 6.45) is 2.69. The van der Waals surface area contributed by atoms with Gasteiger partial charge in [0.25, 0.3) is 0 Å². The molecule has 0 saturated carbocycles. The molecule has 3 nitrogen and oxygen atoms in total. The van der Waals surface area contributed by atoms with Crippen molar-refractivity contribution in [3.63, 3.8) is 0 Å². The highest BCUT2D eigenvalue weighted by atomic mass is 16.5. The van der Waals surface area contributed by atoms with Gasteiger partial charge in [-0.25, -0.2) is 0 Å². The highest BCUT2D eigenvalue weighted by Gasteiger charge is 2.24. The second-order valence-electron chi connectivity index (χ2n) is 4.19. The number of nitrogens with zero attached hydrogens (tertiary/aromatic N) is 1. The van der Waals surface area contributed by atoms with Crippen molar-refractivity contribution in [1.29, 1.82) is 0 Å². The molecule has 1 aliphatic heterocycles. The summed E-state index contributed by atoms with van der Waals surface area (Å²) in [4.78, 5) is 12.5. The lowest BCUT2D eigenvalue weighted by atomic mass is 10.1. The Labute approximate surface area is 80.1 Å². The Morgan fingerprint density at radius 1 is 1.54 bits per heavy atom. The lowest BCUT2D eigenvalue weighted by molar-refractivity contribution is -0.108. The molecule has 3 heteroatoms. The SMILES string of the molecule is CC1(C)CN(CCC=O)CCCO1. The second-order valence-corrected chi connectivity index (χ2v) is 4.19. The van der Waals surface area contributed by atoms with Crippen LogP contribution in [0.3, 0.4) is 0 Å². The van der Waals surface area contributed by atoms with Crippen LogP contribution in [0.5, 0.6) is 0 Å². The first-order valence-electron chi connectivity index (χ1n) is 4.94. The quantitative estimate of drug-likeness (QED) is 0.616. The van der Waals surface area contributed by atoms with Crippen LogP contribution in [0.25, 0.3) is 0 Å². The average molecular weight is 185 g/mol. The van der Waals surface area contributed by atoms with Crippen LogP contribution in [0, 0.1) is 0 Å². The van der Waals surface area contributed by atoms with Gasteiger partial charge in [0.15, 0.2) is 0 Å². The Kier molecular flexibility index (Phi) is 3.88. The first-order chi connectivity index (χ1) is 6.14. The van der Waals surface area contributed by atoms with Crippen LogP contribution in [-0.4, -0.2) is 43.0 Å². The molecule has 1 heterocycles. The van der Waals surface area contributed by atoms with E-state index >= 15 is 0 Å². The molecule has 0 amide bonds. The molecule has 0 aromatic carbocycles. The molecule has 1 rings (SSSR count). The predicted octanol–water partition coefficient (Wildman–Crippen LogP) is 1.08. The van der Waals surface area contributed by atoms with Crippen LogP contribution < -0.4 is 0 Å². The van der Waals surface area contributed by atoms with Crippen molar-refractivity contribution in [3.05, 3.63) is 0 Å². The Morgan fingerprint density at radius 2 is 2.31 bits per heavy atom. The van der Waals surface area contributed by atoms with Gasteiger partial charge in [0.05, 0.1) is 5.60 Å². The first kappa shape index (κ1) is 10.7. The Bertz CT molecular complexity index is 168. The fourth-order valence-corrected chi connectivity index (χ4v) is 1.73. The number of ether oxygens (including phenoxy) is 1. The lowest BCUT2D eigenvalue weighted by Gasteiger charge is -2.28. The van der Waals surface area contributed by atoms with Gasteiger partial charge in [-0.2, -0.15) is 0 Å². The molecule has 0 spiro atoms. The number of carbonyl (C=O) groups is 1. The van der Waals surface area contributed by atoms with Crippen molar-refractivity contribution in [2.45, 2.75) is 32.3 Å². The van der Waals surface area contributed by atoms with Gasteiger partial charge in [-0.15, -0.1) is 0 Å². The number of carbonyl (C=O) groups excluding carboxylic acids is 1. The Balaban J connectivity index is 2.40. The van der Waals surface area contributed by atoms with Crippen molar-refractivity contribution in [2.75, 3.05) is 26.2 Å². The molecule has 0 N–H and O–H groups in total. The summed E-state index contributed by atoms with van der Waals surface area (Å²) in [7, 11) is 0. The zero-order chi connectivity index (χ0) is 9.73. The minimum atomic E-state index is -0.0562. The maximum absolute atomic E-state index is 10.2. The minimum Gasteiger partial charge on any atom is -0.374 e. The minimum absolute atomic E-state index is 0.0562. The molecule has 13 heavy (non-hydrogen) atoms. The van der Waals surface area contributed by atoms with E-state index in [1.54, 1.807) is 0 Å². The van der Waals surface area contributed by atoms with E-state index in [9.17, 15) is 4.79 Å². The zero-order valence-corrected chi connectivity index (χ0v) is 8.58. The van der Waals surface area contributed by atoms with E-state index in [1.165, 1.54) is 0 Å². The van der Waals surface area contributed by atoms with E-state index in [1.807, 2.05) is 0 Å². The fourth-order valence-electron chi connectivity index (χ4n) is 1.73.